The van der Waals surface area contributed by atoms with Crippen LogP contribution in [0.3, 0.4) is 0 Å². The van der Waals surface area contributed by atoms with Gasteiger partial charge in [0.15, 0.2) is 6.23 Å². The van der Waals surface area contributed by atoms with E-state index >= 15 is 0 Å². The molecule has 0 saturated carbocycles. The number of nitrogens with zero attached hydrogens (tertiary/aromatic N) is 3. The summed E-state index contributed by atoms with van der Waals surface area (Å²) in [5.41, 5.74) is 11.0. The van der Waals surface area contributed by atoms with Crippen molar-refractivity contribution in [3.63, 3.8) is 0 Å². The molecule has 74 heavy (non-hydrogen) atoms. The highest BCUT2D eigenvalue weighted by molar-refractivity contribution is 5.98. The van der Waals surface area contributed by atoms with Crippen molar-refractivity contribution in [2.45, 2.75) is 203 Å². The molecule has 3 aliphatic heterocycles. The number of phenols is 1. The third kappa shape index (κ3) is 16.2. The number of nitrogens with two attached hydrogens (primary N) is 2. The van der Waals surface area contributed by atoms with E-state index in [1.54, 1.807) is 0 Å². The minimum Gasteiger partial charge on any atom is -0.508 e. The van der Waals surface area contributed by atoms with Gasteiger partial charge in [-0.15, -0.1) is 0 Å². The van der Waals surface area contributed by atoms with Gasteiger partial charge in [0.1, 0.15) is 60.3 Å². The third-order valence-corrected chi connectivity index (χ3v) is 14.6. The lowest BCUT2D eigenvalue weighted by molar-refractivity contribution is -0.151. The van der Waals surface area contributed by atoms with E-state index in [1.807, 2.05) is 0 Å². The highest BCUT2D eigenvalue weighted by Gasteiger charge is 2.50. The lowest BCUT2D eigenvalue weighted by Crippen LogP contribution is -2.64. The molecule has 418 valence electrons. The normalized spacial score (nSPS) is 25.5. The molecular weight excluding hydrogens is 969 g/mol. The van der Waals surface area contributed by atoms with E-state index < -0.39 is 146 Å². The van der Waals surface area contributed by atoms with Crippen molar-refractivity contribution >= 4 is 41.4 Å². The molecule has 3 heterocycles. The molecule has 7 amide bonds. The monoisotopic (exact) mass is 1050 g/mol. The van der Waals surface area contributed by atoms with Crippen LogP contribution in [0.15, 0.2) is 24.3 Å². The van der Waals surface area contributed by atoms with Gasteiger partial charge in [0.25, 0.3) is 0 Å². The molecule has 0 spiro atoms. The van der Waals surface area contributed by atoms with Crippen LogP contribution >= 0.6 is 0 Å². The number of unbranched alkanes of at least 4 members (excludes halogenated alkanes) is 5. The van der Waals surface area contributed by atoms with Crippen LogP contribution in [0.1, 0.15) is 129 Å². The summed E-state index contributed by atoms with van der Waals surface area (Å²) in [6.07, 6.45) is -6.37. The zero-order valence-corrected chi connectivity index (χ0v) is 42.9. The van der Waals surface area contributed by atoms with Gasteiger partial charge < -0.3 is 88.1 Å². The molecule has 0 aliphatic carbocycles. The first-order chi connectivity index (χ1) is 34.9. The van der Waals surface area contributed by atoms with Crippen molar-refractivity contribution in [1.82, 2.24) is 30.7 Å². The number of hydrogen-bond acceptors (Lipinski definition) is 17. The molecule has 1 aromatic rings. The number of primary amides is 1. The number of carbonyl (C=O) groups is 7. The Balaban J connectivity index is 1.50. The van der Waals surface area contributed by atoms with Gasteiger partial charge in [-0.2, -0.15) is 0 Å². The van der Waals surface area contributed by atoms with Crippen LogP contribution in [0, 0.1) is 11.8 Å². The number of amides is 7. The SMILES string of the molecule is CC[C@H](C)C[C@H](C)CCCCCCCCC(=O)N1C(O)[C@H](O)C[C@@H]1C(=O)N[C@H](C(=O)N1C[C@H](O)C[C@H]1C(=O)N[C@H](C(=O)N[C@H](C(=O)N1CC[C@H](O)[C@H]1C(N)=O)[C@H](O)CCN)[C@H](O)[C@@H](O)c1ccc(O)cc1)[C@@H](C)O. The molecule has 3 fully saturated rings. The maximum Gasteiger partial charge on any atom is 0.248 e. The summed E-state index contributed by atoms with van der Waals surface area (Å²) >= 11 is 0. The Morgan fingerprint density at radius 2 is 1.31 bits per heavy atom. The van der Waals surface area contributed by atoms with E-state index in [-0.39, 0.29) is 43.7 Å². The zero-order chi connectivity index (χ0) is 55.1. The summed E-state index contributed by atoms with van der Waals surface area (Å²) in [5, 5.41) is 104. The van der Waals surface area contributed by atoms with Gasteiger partial charge in [-0.25, -0.2) is 0 Å². The summed E-state index contributed by atoms with van der Waals surface area (Å²) in [4.78, 5) is 99.0. The van der Waals surface area contributed by atoms with E-state index in [4.69, 9.17) is 11.5 Å². The molecule has 0 aromatic heterocycles. The Morgan fingerprint density at radius 3 is 1.92 bits per heavy atom. The van der Waals surface area contributed by atoms with Crippen LogP contribution in [-0.4, -0.2) is 201 Å². The van der Waals surface area contributed by atoms with E-state index in [0.717, 1.165) is 78.7 Å². The molecule has 24 heteroatoms. The van der Waals surface area contributed by atoms with Gasteiger partial charge in [-0.3, -0.25) is 33.6 Å². The van der Waals surface area contributed by atoms with Crippen LogP contribution in [-0.2, 0) is 33.6 Å². The molecule has 16 N–H and O–H groups in total. The molecule has 3 aliphatic rings. The number of aromatic hydroxyl groups is 1. The van der Waals surface area contributed by atoms with Crippen LogP contribution in [0.25, 0.3) is 0 Å². The smallest absolute Gasteiger partial charge is 0.248 e. The highest BCUT2D eigenvalue weighted by Crippen LogP contribution is 2.29. The number of rotatable bonds is 28. The lowest BCUT2D eigenvalue weighted by atomic mass is 9.91. The number of carbonyl (C=O) groups excluding carboxylic acids is 7. The maximum absolute atomic E-state index is 14.3. The van der Waals surface area contributed by atoms with Crippen molar-refractivity contribution in [2.75, 3.05) is 19.6 Å². The minimum absolute atomic E-state index is 0.0377. The van der Waals surface area contributed by atoms with Gasteiger partial charge in [0.2, 0.25) is 41.4 Å². The van der Waals surface area contributed by atoms with Gasteiger partial charge in [-0.1, -0.05) is 77.8 Å². The van der Waals surface area contributed by atoms with Gasteiger partial charge in [0.05, 0.1) is 24.4 Å². The Morgan fingerprint density at radius 1 is 0.716 bits per heavy atom. The van der Waals surface area contributed by atoms with Crippen LogP contribution in [0.2, 0.25) is 0 Å². The van der Waals surface area contributed by atoms with Gasteiger partial charge >= 0.3 is 0 Å². The standard InChI is InChI=1S/C50H82N8O16/c1-5-26(2)22-27(3)12-10-8-6-7-9-11-13-37(65)58-33(24-36(64)48(58)72)46(70)53-38(28(4)59)49(73)57-25-31(61)23-32(57)45(69)55-40(43(67)42(66)29-14-16-30(60)17-15-29)47(71)54-39(34(62)18-20-51)50(74)56-21-19-35(63)41(56)44(52)68/h14-17,26-28,31-36,38-43,48,59-64,66-67,72H,5-13,18-25,51H2,1-4H3,(H2,52,68)(H,53,70)(H,54,71)(H,55,69)/t26-,27+,28+,31+,32-,33+,34+,35-,36+,38-,39-,40-,41-,42-,43-,48?/m0/s1. The summed E-state index contributed by atoms with van der Waals surface area (Å²) in [7, 11) is 0. The Bertz CT molecular complexity index is 2030. The predicted molar refractivity (Wildman–Crippen MR) is 265 cm³/mol. The Labute approximate surface area is 431 Å². The summed E-state index contributed by atoms with van der Waals surface area (Å²) in [5.74, 6) is -6.42. The predicted octanol–water partition coefficient (Wildman–Crippen LogP) is -2.79. The number of likely N-dealkylation sites (tertiary alicyclic amines) is 3. The van der Waals surface area contributed by atoms with Crippen molar-refractivity contribution < 1.29 is 79.5 Å². The molecule has 4 rings (SSSR count). The van der Waals surface area contributed by atoms with E-state index in [0.29, 0.717) is 18.3 Å². The maximum atomic E-state index is 14.3. The topological polar surface area (TPSA) is 399 Å². The molecule has 1 unspecified atom stereocenters. The zero-order valence-electron chi connectivity index (χ0n) is 42.9. The number of β-amino-alcohol motifs (C(OH)–C–C–N with tert-alkyl or cyclic N) is 1. The number of nitrogens with one attached hydrogen (secondary N) is 3. The van der Waals surface area contributed by atoms with Crippen LogP contribution in [0.5, 0.6) is 5.75 Å². The number of aliphatic hydroxyl groups excluding tert-OH is 8. The van der Waals surface area contributed by atoms with Crippen LogP contribution < -0.4 is 27.4 Å². The third-order valence-electron chi connectivity index (χ3n) is 14.6. The van der Waals surface area contributed by atoms with E-state index in [1.165, 1.54) is 18.6 Å². The van der Waals surface area contributed by atoms with Gasteiger partial charge in [0, 0.05) is 32.4 Å². The molecule has 3 saturated heterocycles. The van der Waals surface area contributed by atoms with Crippen LogP contribution in [0.4, 0.5) is 0 Å². The molecule has 1 aromatic carbocycles. The summed E-state index contributed by atoms with van der Waals surface area (Å²) in [6, 6.07) is -6.05. The van der Waals surface area contributed by atoms with Crippen molar-refractivity contribution in [2.24, 2.45) is 23.3 Å². The average Bonchev–Trinajstić information content (AvgIpc) is 4.04. The first kappa shape index (κ1) is 61.5. The quantitative estimate of drug-likeness (QED) is 0.0377. The molecule has 16 atom stereocenters. The molecular formula is C50H82N8O16. The molecule has 0 radical (unpaired) electrons. The Kier molecular flexibility index (Phi) is 23.9. The first-order valence-corrected chi connectivity index (χ1v) is 26.0. The number of benzene rings is 1. The fraction of sp³-hybridized carbons (Fsp3) is 0.740. The fourth-order valence-electron chi connectivity index (χ4n) is 10.1. The van der Waals surface area contributed by atoms with E-state index in [9.17, 15) is 79.5 Å². The van der Waals surface area contributed by atoms with Crippen molar-refractivity contribution in [3.8, 4) is 5.75 Å². The second kappa shape index (κ2) is 28.7. The summed E-state index contributed by atoms with van der Waals surface area (Å²) < 4.78 is 0. The molecule has 0 bridgehead atoms. The minimum atomic E-state index is -2.29. The molecule has 24 nitrogen and oxygen atoms in total. The largest absolute Gasteiger partial charge is 0.508 e. The summed E-state index contributed by atoms with van der Waals surface area (Å²) in [6.45, 7) is 6.89. The lowest BCUT2D eigenvalue weighted by Gasteiger charge is -2.34. The second-order valence-electron chi connectivity index (χ2n) is 20.5. The van der Waals surface area contributed by atoms with Crippen molar-refractivity contribution in [1.29, 1.82) is 0 Å². The number of aliphatic hydroxyl groups is 8. The average molecular weight is 1050 g/mol. The number of phenolic OH excluding ortho intramolecular Hbond substituents is 1. The Hall–Kier alpha value is -5.05. The highest BCUT2D eigenvalue weighted by atomic mass is 16.4. The van der Waals surface area contributed by atoms with Gasteiger partial charge in [-0.05, 0) is 68.7 Å². The number of hydrogen-bond donors (Lipinski definition) is 14. The first-order valence-electron chi connectivity index (χ1n) is 26.0. The van der Waals surface area contributed by atoms with E-state index in [2.05, 4.69) is 36.7 Å². The fourth-order valence-corrected chi connectivity index (χ4v) is 10.1. The second-order valence-corrected chi connectivity index (χ2v) is 20.5. The van der Waals surface area contributed by atoms with Crippen molar-refractivity contribution in [3.05, 3.63) is 29.8 Å².